The first-order valence-corrected chi connectivity index (χ1v) is 4.02. The maximum absolute atomic E-state index is 11.0. The van der Waals surface area contributed by atoms with Crippen LogP contribution in [0.5, 0.6) is 0 Å². The minimum Gasteiger partial charge on any atom is -0.326 e. The Labute approximate surface area is 80.1 Å². The van der Waals surface area contributed by atoms with Gasteiger partial charge in [-0.1, -0.05) is 0 Å². The van der Waals surface area contributed by atoms with Crippen LogP contribution < -0.4 is 10.9 Å². The summed E-state index contributed by atoms with van der Waals surface area (Å²) in [6.07, 6.45) is 0. The predicted molar refractivity (Wildman–Crippen MR) is 51.4 cm³/mol. The molecule has 0 saturated heterocycles. The number of pyridine rings is 1. The number of carbonyl (C=O) groups excluding carboxylic acids is 2. The van der Waals surface area contributed by atoms with E-state index in [2.05, 4.69) is 10.3 Å². The van der Waals surface area contributed by atoms with Gasteiger partial charge in [0.2, 0.25) is 5.91 Å². The molecule has 5 heteroatoms. The second kappa shape index (κ2) is 3.87. The number of carbonyl (C=O) groups is 2. The molecule has 1 heterocycles. The van der Waals surface area contributed by atoms with Crippen molar-refractivity contribution in [3.63, 3.8) is 0 Å². The van der Waals surface area contributed by atoms with Gasteiger partial charge in [-0.3, -0.25) is 14.4 Å². The Kier molecular flexibility index (Phi) is 2.81. The fourth-order valence-electron chi connectivity index (χ4n) is 1.01. The molecule has 0 aliphatic rings. The van der Waals surface area contributed by atoms with E-state index >= 15 is 0 Å². The Morgan fingerprint density at radius 2 is 1.93 bits per heavy atom. The van der Waals surface area contributed by atoms with Crippen molar-refractivity contribution >= 4 is 17.4 Å². The first-order valence-electron chi connectivity index (χ1n) is 4.02. The number of rotatable bonds is 2. The van der Waals surface area contributed by atoms with Gasteiger partial charge in [-0.05, 0) is 6.07 Å². The van der Waals surface area contributed by atoms with Crippen LogP contribution in [0.1, 0.15) is 24.3 Å². The van der Waals surface area contributed by atoms with E-state index in [0.29, 0.717) is 5.69 Å². The predicted octanol–water partition coefficient (Wildman–Crippen LogP) is 0.536. The van der Waals surface area contributed by atoms with Crippen molar-refractivity contribution < 1.29 is 9.59 Å². The second-order valence-electron chi connectivity index (χ2n) is 2.88. The molecular weight excluding hydrogens is 184 g/mol. The van der Waals surface area contributed by atoms with Gasteiger partial charge in [0, 0.05) is 25.6 Å². The number of aromatic nitrogens is 1. The highest BCUT2D eigenvalue weighted by Gasteiger charge is 2.03. The van der Waals surface area contributed by atoms with Gasteiger partial charge in [0.1, 0.15) is 0 Å². The van der Waals surface area contributed by atoms with Crippen LogP contribution in [0.4, 0.5) is 5.69 Å². The molecular formula is C9H10N2O3. The number of Topliss-reactive ketones (excluding diaryl/α,β-unsaturated/α-hetero) is 1. The summed E-state index contributed by atoms with van der Waals surface area (Å²) < 4.78 is 0. The largest absolute Gasteiger partial charge is 0.326 e. The van der Waals surface area contributed by atoms with E-state index in [9.17, 15) is 14.4 Å². The summed E-state index contributed by atoms with van der Waals surface area (Å²) >= 11 is 0. The van der Waals surface area contributed by atoms with Crippen molar-refractivity contribution in [2.45, 2.75) is 13.8 Å². The maximum atomic E-state index is 11.0. The van der Waals surface area contributed by atoms with Crippen LogP contribution in [-0.4, -0.2) is 16.7 Å². The Bertz CT molecular complexity index is 434. The molecule has 0 fully saturated rings. The zero-order valence-corrected chi connectivity index (χ0v) is 7.88. The molecule has 0 atom stereocenters. The van der Waals surface area contributed by atoms with E-state index in [-0.39, 0.29) is 17.4 Å². The normalized spacial score (nSPS) is 9.57. The van der Waals surface area contributed by atoms with Crippen molar-refractivity contribution in [2.24, 2.45) is 0 Å². The lowest BCUT2D eigenvalue weighted by molar-refractivity contribution is -0.114. The van der Waals surface area contributed by atoms with Crippen LogP contribution in [0.3, 0.4) is 0 Å². The van der Waals surface area contributed by atoms with Crippen molar-refractivity contribution in [2.75, 3.05) is 5.32 Å². The van der Waals surface area contributed by atoms with Gasteiger partial charge in [-0.15, -0.1) is 0 Å². The Hall–Kier alpha value is -1.91. The van der Waals surface area contributed by atoms with Gasteiger partial charge in [0.05, 0.1) is 5.69 Å². The average molecular weight is 194 g/mol. The maximum Gasteiger partial charge on any atom is 0.250 e. The van der Waals surface area contributed by atoms with Crippen LogP contribution in [0.2, 0.25) is 0 Å². The van der Waals surface area contributed by atoms with E-state index < -0.39 is 5.56 Å². The van der Waals surface area contributed by atoms with Crippen molar-refractivity contribution in [1.29, 1.82) is 0 Å². The summed E-state index contributed by atoms with van der Waals surface area (Å²) in [5.41, 5.74) is 0.0918. The molecule has 0 aliphatic heterocycles. The zero-order chi connectivity index (χ0) is 10.7. The molecule has 5 nitrogen and oxygen atoms in total. The summed E-state index contributed by atoms with van der Waals surface area (Å²) in [4.78, 5) is 35.1. The van der Waals surface area contributed by atoms with Gasteiger partial charge in [0.15, 0.2) is 5.78 Å². The third kappa shape index (κ3) is 2.55. The molecule has 0 radical (unpaired) electrons. The van der Waals surface area contributed by atoms with Gasteiger partial charge in [0.25, 0.3) is 5.56 Å². The topological polar surface area (TPSA) is 79.0 Å². The highest BCUT2D eigenvalue weighted by molar-refractivity contribution is 5.94. The third-order valence-electron chi connectivity index (χ3n) is 1.54. The molecule has 1 aromatic heterocycles. The van der Waals surface area contributed by atoms with E-state index in [1.165, 1.54) is 26.0 Å². The van der Waals surface area contributed by atoms with Gasteiger partial charge < -0.3 is 10.3 Å². The number of ketones is 1. The smallest absolute Gasteiger partial charge is 0.250 e. The van der Waals surface area contributed by atoms with Crippen molar-refractivity contribution in [3.05, 3.63) is 28.2 Å². The molecule has 1 amide bonds. The van der Waals surface area contributed by atoms with Crippen molar-refractivity contribution in [3.8, 4) is 0 Å². The number of nitrogens with one attached hydrogen (secondary N) is 2. The highest BCUT2D eigenvalue weighted by atomic mass is 16.1. The third-order valence-corrected chi connectivity index (χ3v) is 1.54. The summed E-state index contributed by atoms with van der Waals surface area (Å²) in [6.45, 7) is 2.66. The minimum absolute atomic E-state index is 0.182. The fraction of sp³-hybridized carbons (Fsp3) is 0.222. The lowest BCUT2D eigenvalue weighted by Crippen LogP contribution is -2.14. The number of hydrogen-bond donors (Lipinski definition) is 2. The van der Waals surface area contributed by atoms with Gasteiger partial charge in [-0.25, -0.2) is 0 Å². The quantitative estimate of drug-likeness (QED) is 0.674. The van der Waals surface area contributed by atoms with E-state index in [4.69, 9.17) is 0 Å². The monoisotopic (exact) mass is 194 g/mol. The molecule has 2 N–H and O–H groups in total. The molecule has 1 aromatic rings. The van der Waals surface area contributed by atoms with E-state index in [1.54, 1.807) is 0 Å². The lowest BCUT2D eigenvalue weighted by atomic mass is 10.2. The van der Waals surface area contributed by atoms with Crippen LogP contribution >= 0.6 is 0 Å². The minimum atomic E-state index is -0.415. The van der Waals surface area contributed by atoms with Crippen LogP contribution in [0, 0.1) is 0 Å². The number of hydrogen-bond acceptors (Lipinski definition) is 3. The van der Waals surface area contributed by atoms with Crippen LogP contribution in [-0.2, 0) is 4.79 Å². The summed E-state index contributed by atoms with van der Waals surface area (Å²) in [6, 6.07) is 2.64. The molecule has 0 spiro atoms. The van der Waals surface area contributed by atoms with Crippen LogP contribution in [0.15, 0.2) is 16.9 Å². The molecule has 0 aliphatic carbocycles. The average Bonchev–Trinajstić information content (AvgIpc) is 2.01. The van der Waals surface area contributed by atoms with E-state index in [0.717, 1.165) is 0 Å². The number of anilines is 1. The summed E-state index contributed by atoms with van der Waals surface area (Å²) in [5, 5.41) is 2.43. The second-order valence-corrected chi connectivity index (χ2v) is 2.88. The Morgan fingerprint density at radius 3 is 2.43 bits per heavy atom. The molecule has 0 aromatic carbocycles. The molecule has 0 bridgehead atoms. The molecule has 14 heavy (non-hydrogen) atoms. The summed E-state index contributed by atoms with van der Waals surface area (Å²) in [5.74, 6) is -0.542. The SMILES string of the molecule is CC(=O)Nc1cc(C(C)=O)[nH]c(=O)c1. The van der Waals surface area contributed by atoms with Crippen molar-refractivity contribution in [1.82, 2.24) is 4.98 Å². The van der Waals surface area contributed by atoms with Gasteiger partial charge >= 0.3 is 0 Å². The Balaban J connectivity index is 3.13. The first kappa shape index (κ1) is 10.2. The molecule has 1 rings (SSSR count). The fourth-order valence-corrected chi connectivity index (χ4v) is 1.01. The molecule has 74 valence electrons. The number of H-pyrrole nitrogens is 1. The first-order chi connectivity index (χ1) is 6.49. The molecule has 0 unspecified atom stereocenters. The summed E-state index contributed by atoms with van der Waals surface area (Å²) in [7, 11) is 0. The Morgan fingerprint density at radius 1 is 1.29 bits per heavy atom. The lowest BCUT2D eigenvalue weighted by Gasteiger charge is -2.02. The van der Waals surface area contributed by atoms with Crippen LogP contribution in [0.25, 0.3) is 0 Å². The number of amides is 1. The number of aromatic amines is 1. The highest BCUT2D eigenvalue weighted by Crippen LogP contribution is 2.05. The van der Waals surface area contributed by atoms with E-state index in [1.807, 2.05) is 0 Å². The zero-order valence-electron chi connectivity index (χ0n) is 7.88. The molecule has 0 saturated carbocycles. The standard InChI is InChI=1S/C9H10N2O3/c1-5(12)8-3-7(10-6(2)13)4-9(14)11-8/h3-4H,1-2H3,(H2,10,11,13,14). The van der Waals surface area contributed by atoms with Gasteiger partial charge in [-0.2, -0.15) is 0 Å².